The van der Waals surface area contributed by atoms with Gasteiger partial charge >= 0.3 is 30.8 Å². The molecule has 1 atom stereocenters. The fourth-order valence-electron chi connectivity index (χ4n) is 1.79. The van der Waals surface area contributed by atoms with E-state index in [1.165, 1.54) is 0 Å². The number of ether oxygens (including phenoxy) is 1. The number of esters is 1. The molecule has 20 heavy (non-hydrogen) atoms. The summed E-state index contributed by atoms with van der Waals surface area (Å²) in [7, 11) is 0. The Labute approximate surface area is 133 Å². The molecule has 2 rings (SSSR count). The molecular weight excluding hydrogens is 275 g/mol. The molecule has 2 heterocycles. The van der Waals surface area contributed by atoms with Gasteiger partial charge in [-0.1, -0.05) is 0 Å². The maximum absolute atomic E-state index is 11.9. The van der Waals surface area contributed by atoms with Crippen molar-refractivity contribution in [3.8, 4) is 0 Å². The minimum absolute atomic E-state index is 0. The average molecular weight is 292 g/mol. The first kappa shape index (κ1) is 17.2. The van der Waals surface area contributed by atoms with Crippen molar-refractivity contribution >= 4 is 42.1 Å². The van der Waals surface area contributed by atoms with Gasteiger partial charge in [0.1, 0.15) is 11.6 Å². The molecule has 8 heteroatoms. The van der Waals surface area contributed by atoms with Gasteiger partial charge in [-0.3, -0.25) is 10.1 Å². The number of carboxylic acid groups (broad SMARTS) is 1. The van der Waals surface area contributed by atoms with Crippen molar-refractivity contribution in [3.63, 3.8) is 0 Å². The van der Waals surface area contributed by atoms with E-state index in [2.05, 4.69) is 10.3 Å². The number of aromatic carboxylic acids is 1. The molecule has 6 nitrogen and oxygen atoms in total. The standard InChI is InChI=1S/C12H16N2O4S.Li.H/c1-12(2,3)18-11(17)7-4-6-8(5-13-7)19-9(14-6)10(15)16;;/h7,13H,4-5H2,1-3H3,(H,15,16);;. The number of carbonyl (C=O) groups is 2. The van der Waals surface area contributed by atoms with Crippen LogP contribution >= 0.6 is 11.3 Å². The number of nitrogens with one attached hydrogen (secondary N) is 1. The van der Waals surface area contributed by atoms with Gasteiger partial charge < -0.3 is 9.84 Å². The summed E-state index contributed by atoms with van der Waals surface area (Å²) in [5.41, 5.74) is 0.143. The molecule has 1 aromatic heterocycles. The van der Waals surface area contributed by atoms with Crippen molar-refractivity contribution in [2.75, 3.05) is 0 Å². The van der Waals surface area contributed by atoms with Gasteiger partial charge in [0.25, 0.3) is 0 Å². The van der Waals surface area contributed by atoms with Crippen molar-refractivity contribution in [3.05, 3.63) is 15.6 Å². The van der Waals surface area contributed by atoms with Crippen LogP contribution in [0.3, 0.4) is 0 Å². The quantitative estimate of drug-likeness (QED) is 0.611. The summed E-state index contributed by atoms with van der Waals surface area (Å²) in [5, 5.41) is 12.0. The SMILES string of the molecule is CC(C)(C)OC(=O)C1Cc2nc(C(=O)O)sc2CN1.[LiH]. The summed E-state index contributed by atoms with van der Waals surface area (Å²) in [5.74, 6) is -1.36. The van der Waals surface area contributed by atoms with Crippen LogP contribution in [-0.2, 0) is 22.5 Å². The number of carboxylic acids is 1. The number of nitrogens with zero attached hydrogens (tertiary/aromatic N) is 1. The summed E-state index contributed by atoms with van der Waals surface area (Å²) < 4.78 is 5.30. The number of carbonyl (C=O) groups excluding carboxylic acids is 1. The average Bonchev–Trinajstić information content (AvgIpc) is 2.69. The van der Waals surface area contributed by atoms with E-state index in [9.17, 15) is 9.59 Å². The number of rotatable bonds is 2. The van der Waals surface area contributed by atoms with Gasteiger partial charge in [0.05, 0.1) is 5.69 Å². The van der Waals surface area contributed by atoms with Crippen molar-refractivity contribution in [2.45, 2.75) is 45.4 Å². The summed E-state index contributed by atoms with van der Waals surface area (Å²) in [6.07, 6.45) is 0.369. The van der Waals surface area contributed by atoms with Crippen molar-refractivity contribution < 1.29 is 19.4 Å². The molecule has 106 valence electrons. The summed E-state index contributed by atoms with van der Waals surface area (Å²) in [6, 6.07) is -0.463. The van der Waals surface area contributed by atoms with E-state index in [1.54, 1.807) is 0 Å². The summed E-state index contributed by atoms with van der Waals surface area (Å²) >= 11 is 1.15. The van der Waals surface area contributed by atoms with E-state index in [0.717, 1.165) is 16.2 Å². The predicted molar refractivity (Wildman–Crippen MR) is 76.4 cm³/mol. The van der Waals surface area contributed by atoms with Gasteiger partial charge in [-0.15, -0.1) is 11.3 Å². The predicted octanol–water partition coefficient (Wildman–Crippen LogP) is 0.549. The molecule has 0 aromatic carbocycles. The van der Waals surface area contributed by atoms with Crippen LogP contribution in [0.4, 0.5) is 0 Å². The third-order valence-electron chi connectivity index (χ3n) is 2.56. The molecule has 2 N–H and O–H groups in total. The van der Waals surface area contributed by atoms with Crippen LogP contribution in [0.25, 0.3) is 0 Å². The molecule has 1 aromatic rings. The fourth-order valence-corrected chi connectivity index (χ4v) is 2.67. The van der Waals surface area contributed by atoms with Crippen LogP contribution in [0.1, 0.15) is 41.1 Å². The Morgan fingerprint density at radius 2 is 2.10 bits per heavy atom. The molecule has 1 unspecified atom stereocenters. The zero-order valence-electron chi connectivity index (χ0n) is 11.0. The fraction of sp³-hybridized carbons (Fsp3) is 0.583. The van der Waals surface area contributed by atoms with Crippen LogP contribution in [0, 0.1) is 0 Å². The zero-order valence-corrected chi connectivity index (χ0v) is 11.8. The van der Waals surface area contributed by atoms with Gasteiger partial charge in [-0.05, 0) is 20.8 Å². The second kappa shape index (κ2) is 6.27. The van der Waals surface area contributed by atoms with E-state index in [4.69, 9.17) is 9.84 Å². The summed E-state index contributed by atoms with van der Waals surface area (Å²) in [4.78, 5) is 27.7. The van der Waals surface area contributed by atoms with Crippen LogP contribution in [0.5, 0.6) is 0 Å². The Morgan fingerprint density at radius 1 is 1.45 bits per heavy atom. The second-order valence-corrected chi connectivity index (χ2v) is 6.45. The molecule has 0 aliphatic carbocycles. The molecule has 0 spiro atoms. The molecule has 1 aliphatic rings. The van der Waals surface area contributed by atoms with Crippen LogP contribution in [0.15, 0.2) is 0 Å². The molecule has 1 aliphatic heterocycles. The Bertz CT molecular complexity index is 524. The number of hydrogen-bond donors (Lipinski definition) is 2. The molecule has 0 radical (unpaired) electrons. The first-order chi connectivity index (χ1) is 8.76. The monoisotopic (exact) mass is 292 g/mol. The number of thiazole rings is 1. The number of fused-ring (bicyclic) bond motifs is 1. The van der Waals surface area contributed by atoms with Crippen LogP contribution in [-0.4, -0.2) is 52.5 Å². The minimum atomic E-state index is -1.03. The Balaban J connectivity index is 0.00000200. The van der Waals surface area contributed by atoms with E-state index in [1.807, 2.05) is 20.8 Å². The van der Waals surface area contributed by atoms with E-state index in [0.29, 0.717) is 18.7 Å². The third-order valence-corrected chi connectivity index (χ3v) is 3.64. The number of hydrogen-bond acceptors (Lipinski definition) is 6. The molecule has 0 saturated heterocycles. The van der Waals surface area contributed by atoms with Crippen LogP contribution < -0.4 is 5.32 Å². The first-order valence-electron chi connectivity index (χ1n) is 5.94. The van der Waals surface area contributed by atoms with Crippen molar-refractivity contribution in [2.24, 2.45) is 0 Å². The number of aromatic nitrogens is 1. The zero-order chi connectivity index (χ0) is 14.2. The van der Waals surface area contributed by atoms with Gasteiger partial charge in [-0.25, -0.2) is 9.78 Å². The second-order valence-electron chi connectivity index (χ2n) is 5.37. The Hall–Kier alpha value is -0.873. The summed E-state index contributed by atoms with van der Waals surface area (Å²) in [6.45, 7) is 5.88. The molecule has 0 fully saturated rings. The molecule has 0 amide bonds. The Morgan fingerprint density at radius 3 is 2.65 bits per heavy atom. The normalized spacial score (nSPS) is 17.9. The topological polar surface area (TPSA) is 88.5 Å². The van der Waals surface area contributed by atoms with Crippen LogP contribution in [0.2, 0.25) is 0 Å². The van der Waals surface area contributed by atoms with Gasteiger partial charge in [-0.2, -0.15) is 0 Å². The third kappa shape index (κ3) is 4.06. The maximum atomic E-state index is 11.9. The van der Waals surface area contributed by atoms with E-state index in [-0.39, 0.29) is 29.8 Å². The molecule has 0 saturated carbocycles. The van der Waals surface area contributed by atoms with Gasteiger partial charge in [0.2, 0.25) is 5.01 Å². The molecular formula is C12H17LiN2O4S. The molecule has 0 bridgehead atoms. The van der Waals surface area contributed by atoms with Crippen molar-refractivity contribution in [1.29, 1.82) is 0 Å². The van der Waals surface area contributed by atoms with E-state index < -0.39 is 17.6 Å². The Kier molecular flexibility index (Phi) is 5.38. The van der Waals surface area contributed by atoms with Gasteiger partial charge in [0.15, 0.2) is 0 Å². The van der Waals surface area contributed by atoms with Crippen molar-refractivity contribution in [1.82, 2.24) is 10.3 Å². The first-order valence-corrected chi connectivity index (χ1v) is 6.76. The van der Waals surface area contributed by atoms with Gasteiger partial charge in [0, 0.05) is 17.8 Å². The van der Waals surface area contributed by atoms with E-state index >= 15 is 0 Å².